The molecule has 1 rings (SSSR count). The maximum absolute atomic E-state index is 11.6. The van der Waals surface area contributed by atoms with Crippen molar-refractivity contribution < 1.29 is 24.6 Å². The number of carbonyl (C=O) groups excluding carboxylic acids is 1. The van der Waals surface area contributed by atoms with Gasteiger partial charge in [0.25, 0.3) is 0 Å². The summed E-state index contributed by atoms with van der Waals surface area (Å²) in [4.78, 5) is 32.8. The van der Waals surface area contributed by atoms with Crippen LogP contribution < -0.4 is 10.6 Å². The van der Waals surface area contributed by atoms with Crippen LogP contribution in [-0.2, 0) is 9.59 Å². The highest BCUT2D eigenvalue weighted by Gasteiger charge is 2.23. The van der Waals surface area contributed by atoms with Gasteiger partial charge in [0.1, 0.15) is 6.04 Å². The van der Waals surface area contributed by atoms with Crippen LogP contribution in [0.1, 0.15) is 6.42 Å². The number of nitrogens with one attached hydrogen (secondary N) is 2. The zero-order valence-electron chi connectivity index (χ0n) is 9.89. The molecule has 2 amide bonds. The number of amides is 2. The van der Waals surface area contributed by atoms with Gasteiger partial charge in [-0.25, -0.2) is 9.59 Å². The molecule has 7 nitrogen and oxygen atoms in total. The summed E-state index contributed by atoms with van der Waals surface area (Å²) in [7, 11) is 0. The van der Waals surface area contributed by atoms with E-state index in [-0.39, 0.29) is 10.7 Å². The van der Waals surface area contributed by atoms with Crippen molar-refractivity contribution in [1.29, 1.82) is 0 Å². The molecule has 0 fully saturated rings. The third-order valence-electron chi connectivity index (χ3n) is 2.16. The average Bonchev–Trinajstić information content (AvgIpc) is 2.32. The molecular weight excluding hydrogens is 311 g/mol. The first-order valence-electron chi connectivity index (χ1n) is 5.26. The number of carboxylic acids is 2. The zero-order valence-corrected chi connectivity index (χ0v) is 11.4. The third kappa shape index (κ3) is 4.94. The van der Waals surface area contributed by atoms with Gasteiger partial charge in [0, 0.05) is 5.69 Å². The van der Waals surface area contributed by atoms with Gasteiger partial charge in [-0.1, -0.05) is 23.2 Å². The van der Waals surface area contributed by atoms with Gasteiger partial charge in [0.05, 0.1) is 16.5 Å². The molecule has 0 heterocycles. The fourth-order valence-electron chi connectivity index (χ4n) is 1.27. The van der Waals surface area contributed by atoms with Gasteiger partial charge in [-0.3, -0.25) is 4.79 Å². The van der Waals surface area contributed by atoms with Crippen LogP contribution in [0.5, 0.6) is 0 Å². The van der Waals surface area contributed by atoms with Crippen molar-refractivity contribution in [2.75, 3.05) is 5.32 Å². The molecule has 1 atom stereocenters. The number of benzene rings is 1. The fraction of sp³-hybridized carbons (Fsp3) is 0.182. The first-order chi connectivity index (χ1) is 9.29. The number of aliphatic carboxylic acids is 2. The molecule has 0 radical (unpaired) electrons. The van der Waals surface area contributed by atoms with E-state index in [4.69, 9.17) is 33.4 Å². The van der Waals surface area contributed by atoms with E-state index >= 15 is 0 Å². The number of halogens is 2. The van der Waals surface area contributed by atoms with Crippen molar-refractivity contribution >= 4 is 46.9 Å². The second kappa shape index (κ2) is 6.97. The van der Waals surface area contributed by atoms with E-state index in [1.807, 2.05) is 5.32 Å². The zero-order chi connectivity index (χ0) is 15.3. The molecule has 0 saturated heterocycles. The van der Waals surface area contributed by atoms with Crippen molar-refractivity contribution in [3.8, 4) is 0 Å². The molecule has 108 valence electrons. The second-order valence-corrected chi connectivity index (χ2v) is 4.53. The van der Waals surface area contributed by atoms with Crippen LogP contribution in [0.25, 0.3) is 0 Å². The summed E-state index contributed by atoms with van der Waals surface area (Å²) in [6, 6.07) is 1.88. The predicted molar refractivity (Wildman–Crippen MR) is 72.3 cm³/mol. The number of anilines is 1. The van der Waals surface area contributed by atoms with Crippen LogP contribution >= 0.6 is 23.2 Å². The molecule has 0 aromatic heterocycles. The SMILES string of the molecule is O=C(O)C[C@@H](NC(=O)Nc1ccc(Cl)c(Cl)c1)C(=O)O. The second-order valence-electron chi connectivity index (χ2n) is 3.72. The first kappa shape index (κ1) is 16.1. The molecule has 4 N–H and O–H groups in total. The van der Waals surface area contributed by atoms with Crippen molar-refractivity contribution in [3.05, 3.63) is 28.2 Å². The Morgan fingerprint density at radius 3 is 2.30 bits per heavy atom. The molecule has 1 aromatic carbocycles. The van der Waals surface area contributed by atoms with Gasteiger partial charge in [0.15, 0.2) is 0 Å². The monoisotopic (exact) mass is 320 g/mol. The van der Waals surface area contributed by atoms with E-state index in [0.29, 0.717) is 5.02 Å². The van der Waals surface area contributed by atoms with Crippen LogP contribution in [0.3, 0.4) is 0 Å². The smallest absolute Gasteiger partial charge is 0.326 e. The summed E-state index contributed by atoms with van der Waals surface area (Å²) >= 11 is 11.4. The maximum atomic E-state index is 11.6. The predicted octanol–water partition coefficient (Wildman–Crippen LogP) is 2.04. The number of urea groups is 1. The highest BCUT2D eigenvalue weighted by atomic mass is 35.5. The number of carboxylic acid groups (broad SMARTS) is 2. The molecular formula is C11H10Cl2N2O5. The van der Waals surface area contributed by atoms with Gasteiger partial charge in [0.2, 0.25) is 0 Å². The lowest BCUT2D eigenvalue weighted by molar-refractivity contribution is -0.145. The molecule has 0 unspecified atom stereocenters. The molecule has 0 aliphatic carbocycles. The van der Waals surface area contributed by atoms with E-state index in [1.165, 1.54) is 18.2 Å². The maximum Gasteiger partial charge on any atom is 0.326 e. The Labute approximate surface area is 123 Å². The lowest BCUT2D eigenvalue weighted by Crippen LogP contribution is -2.44. The van der Waals surface area contributed by atoms with Crippen molar-refractivity contribution in [2.45, 2.75) is 12.5 Å². The van der Waals surface area contributed by atoms with E-state index in [2.05, 4.69) is 5.32 Å². The lowest BCUT2D eigenvalue weighted by atomic mass is 10.2. The Hall–Kier alpha value is -1.99. The quantitative estimate of drug-likeness (QED) is 0.662. The van der Waals surface area contributed by atoms with E-state index in [1.54, 1.807) is 0 Å². The molecule has 20 heavy (non-hydrogen) atoms. The van der Waals surface area contributed by atoms with Crippen molar-refractivity contribution in [2.24, 2.45) is 0 Å². The molecule has 0 spiro atoms. The van der Waals surface area contributed by atoms with E-state index in [9.17, 15) is 14.4 Å². The summed E-state index contributed by atoms with van der Waals surface area (Å²) in [5, 5.41) is 22.2. The molecule has 1 aromatic rings. The Bertz CT molecular complexity index is 550. The molecule has 0 bridgehead atoms. The standard InChI is InChI=1S/C11H10Cl2N2O5/c12-6-2-1-5(3-7(6)13)14-11(20)15-8(10(18)19)4-9(16)17/h1-3,8H,4H2,(H,16,17)(H,18,19)(H2,14,15,20)/t8-/m1/s1. The van der Waals surface area contributed by atoms with Gasteiger partial charge < -0.3 is 20.8 Å². The van der Waals surface area contributed by atoms with Crippen LogP contribution in [-0.4, -0.2) is 34.2 Å². The number of rotatable bonds is 5. The summed E-state index contributed by atoms with van der Waals surface area (Å²) in [5.74, 6) is -2.79. The van der Waals surface area contributed by atoms with Crippen molar-refractivity contribution in [3.63, 3.8) is 0 Å². The topological polar surface area (TPSA) is 116 Å². The Morgan fingerprint density at radius 2 is 1.80 bits per heavy atom. The van der Waals surface area contributed by atoms with Gasteiger partial charge in [-0.15, -0.1) is 0 Å². The van der Waals surface area contributed by atoms with Crippen molar-refractivity contribution in [1.82, 2.24) is 5.32 Å². The summed E-state index contributed by atoms with van der Waals surface area (Å²) in [5.41, 5.74) is 0.288. The minimum atomic E-state index is -1.53. The minimum absolute atomic E-state index is 0.213. The highest BCUT2D eigenvalue weighted by Crippen LogP contribution is 2.24. The summed E-state index contributed by atoms with van der Waals surface area (Å²) < 4.78 is 0. The Kier molecular flexibility index (Phi) is 5.60. The first-order valence-corrected chi connectivity index (χ1v) is 6.02. The van der Waals surface area contributed by atoms with E-state index < -0.39 is 30.4 Å². The largest absolute Gasteiger partial charge is 0.481 e. The highest BCUT2D eigenvalue weighted by molar-refractivity contribution is 6.42. The van der Waals surface area contributed by atoms with Crippen LogP contribution in [0.15, 0.2) is 18.2 Å². The third-order valence-corrected chi connectivity index (χ3v) is 2.90. The van der Waals surface area contributed by atoms with Crippen LogP contribution in [0.2, 0.25) is 10.0 Å². The molecule has 0 saturated carbocycles. The Balaban J connectivity index is 2.67. The minimum Gasteiger partial charge on any atom is -0.481 e. The van der Waals surface area contributed by atoms with Crippen LogP contribution in [0, 0.1) is 0 Å². The molecule has 0 aliphatic rings. The molecule has 0 aliphatic heterocycles. The van der Waals surface area contributed by atoms with Gasteiger partial charge >= 0.3 is 18.0 Å². The normalized spacial score (nSPS) is 11.5. The summed E-state index contributed by atoms with van der Waals surface area (Å²) in [6.07, 6.45) is -0.732. The van der Waals surface area contributed by atoms with Gasteiger partial charge in [-0.2, -0.15) is 0 Å². The Morgan fingerprint density at radius 1 is 1.15 bits per heavy atom. The van der Waals surface area contributed by atoms with Gasteiger partial charge in [-0.05, 0) is 18.2 Å². The van der Waals surface area contributed by atoms with Crippen LogP contribution in [0.4, 0.5) is 10.5 Å². The number of hydrogen-bond donors (Lipinski definition) is 4. The number of carbonyl (C=O) groups is 3. The van der Waals surface area contributed by atoms with E-state index in [0.717, 1.165) is 0 Å². The fourth-order valence-corrected chi connectivity index (χ4v) is 1.57. The lowest BCUT2D eigenvalue weighted by Gasteiger charge is -2.13. The number of hydrogen-bond acceptors (Lipinski definition) is 3. The average molecular weight is 321 g/mol. The molecule has 9 heteroatoms. The summed E-state index contributed by atoms with van der Waals surface area (Å²) in [6.45, 7) is 0.